The van der Waals surface area contributed by atoms with E-state index in [4.69, 9.17) is 4.74 Å². The summed E-state index contributed by atoms with van der Waals surface area (Å²) in [6.45, 7) is 1.88. The molecule has 0 aromatic heterocycles. The number of nitroso groups, excluding NO2 is 1. The summed E-state index contributed by atoms with van der Waals surface area (Å²) < 4.78 is 4.82. The number of benzene rings is 2. The number of ether oxygens (including phenoxy) is 1. The minimum absolute atomic E-state index is 0.196. The van der Waals surface area contributed by atoms with Gasteiger partial charge < -0.3 is 4.74 Å². The van der Waals surface area contributed by atoms with Crippen LogP contribution in [0.1, 0.15) is 18.1 Å². The van der Waals surface area contributed by atoms with E-state index < -0.39 is 6.09 Å². The van der Waals surface area contributed by atoms with Crippen LogP contribution in [0.5, 0.6) is 0 Å². The van der Waals surface area contributed by atoms with Crippen LogP contribution in [0.4, 0.5) is 10.5 Å². The van der Waals surface area contributed by atoms with Crippen LogP contribution >= 0.6 is 0 Å². The molecule has 0 atom stereocenters. The number of fused-ring (bicyclic) bond motifs is 3. The van der Waals surface area contributed by atoms with Gasteiger partial charge in [-0.15, -0.1) is 9.92 Å². The Labute approximate surface area is 122 Å². The fraction of sp³-hybridized carbons (Fsp3) is 0.188. The molecule has 0 bridgehead atoms. The predicted molar refractivity (Wildman–Crippen MR) is 80.0 cm³/mol. The Morgan fingerprint density at radius 2 is 1.95 bits per heavy atom. The van der Waals surface area contributed by atoms with Crippen molar-refractivity contribution in [1.29, 1.82) is 0 Å². The number of carbonyl (C=O) groups is 1. The maximum absolute atomic E-state index is 11.7. The summed E-state index contributed by atoms with van der Waals surface area (Å²) in [7, 11) is 0. The highest BCUT2D eigenvalue weighted by Gasteiger charge is 2.22. The van der Waals surface area contributed by atoms with Crippen molar-refractivity contribution < 1.29 is 9.53 Å². The lowest BCUT2D eigenvalue weighted by Gasteiger charge is -2.13. The molecule has 1 aliphatic carbocycles. The standard InChI is InChI=1S/C16H14N2O3/c1-2-21-16(19)18(17-20)13-7-8-15-12(10-13)9-11-5-3-4-6-14(11)15/h3-8,10H,2,9H2,1H3. The first-order chi connectivity index (χ1) is 10.2. The summed E-state index contributed by atoms with van der Waals surface area (Å²) in [5.74, 6) is 0. The fourth-order valence-corrected chi connectivity index (χ4v) is 2.63. The molecule has 5 heteroatoms. The first-order valence-electron chi connectivity index (χ1n) is 6.76. The van der Waals surface area contributed by atoms with Gasteiger partial charge in [0.1, 0.15) is 0 Å². The molecule has 106 valence electrons. The Morgan fingerprint density at radius 3 is 2.71 bits per heavy atom. The molecule has 2 aromatic rings. The van der Waals surface area contributed by atoms with E-state index in [1.807, 2.05) is 24.3 Å². The summed E-state index contributed by atoms with van der Waals surface area (Å²) in [4.78, 5) is 22.6. The topological polar surface area (TPSA) is 59.0 Å². The van der Waals surface area contributed by atoms with Gasteiger partial charge in [-0.25, -0.2) is 4.79 Å². The average molecular weight is 282 g/mol. The van der Waals surface area contributed by atoms with Crippen LogP contribution in [-0.2, 0) is 11.2 Å². The summed E-state index contributed by atoms with van der Waals surface area (Å²) in [6.07, 6.45) is 0.0254. The highest BCUT2D eigenvalue weighted by atomic mass is 16.6. The maximum atomic E-state index is 11.7. The summed E-state index contributed by atoms with van der Waals surface area (Å²) in [6, 6.07) is 13.6. The zero-order valence-electron chi connectivity index (χ0n) is 11.6. The molecular formula is C16H14N2O3. The second kappa shape index (κ2) is 5.36. The van der Waals surface area contributed by atoms with Crippen molar-refractivity contribution in [3.63, 3.8) is 0 Å². The van der Waals surface area contributed by atoms with Crippen molar-refractivity contribution in [2.75, 3.05) is 11.6 Å². The molecule has 0 radical (unpaired) electrons. The van der Waals surface area contributed by atoms with Crippen molar-refractivity contribution in [3.8, 4) is 11.1 Å². The molecule has 21 heavy (non-hydrogen) atoms. The number of rotatable bonds is 3. The lowest BCUT2D eigenvalue weighted by atomic mass is 10.1. The second-order valence-electron chi connectivity index (χ2n) is 4.77. The second-order valence-corrected chi connectivity index (χ2v) is 4.77. The summed E-state index contributed by atoms with van der Waals surface area (Å²) >= 11 is 0. The SMILES string of the molecule is CCOC(=O)N(N=O)c1ccc2c(c1)Cc1ccccc1-2. The van der Waals surface area contributed by atoms with E-state index >= 15 is 0 Å². The molecule has 0 saturated carbocycles. The first kappa shape index (κ1) is 13.3. The van der Waals surface area contributed by atoms with Crippen molar-refractivity contribution in [3.05, 3.63) is 58.5 Å². The van der Waals surface area contributed by atoms with Gasteiger partial charge in [-0.05, 0) is 47.7 Å². The Hall–Kier alpha value is -2.69. The van der Waals surface area contributed by atoms with Crippen molar-refractivity contribution in [2.45, 2.75) is 13.3 Å². The Morgan fingerprint density at radius 1 is 1.19 bits per heavy atom. The fourth-order valence-electron chi connectivity index (χ4n) is 2.63. The minimum Gasteiger partial charge on any atom is -0.448 e. The first-order valence-corrected chi connectivity index (χ1v) is 6.76. The van der Waals surface area contributed by atoms with Gasteiger partial charge in [0.25, 0.3) is 0 Å². The van der Waals surface area contributed by atoms with E-state index in [0.717, 1.165) is 22.6 Å². The number of nitrogens with zero attached hydrogens (tertiary/aromatic N) is 2. The van der Waals surface area contributed by atoms with Crippen LogP contribution in [0.15, 0.2) is 47.8 Å². The highest BCUT2D eigenvalue weighted by Crippen LogP contribution is 2.38. The average Bonchev–Trinajstić information content (AvgIpc) is 2.86. The zero-order chi connectivity index (χ0) is 14.8. The number of hydrogen-bond acceptors (Lipinski definition) is 4. The molecule has 5 nitrogen and oxygen atoms in total. The van der Waals surface area contributed by atoms with E-state index in [1.165, 1.54) is 11.1 Å². The Bertz CT molecular complexity index is 712. The number of amides is 1. The molecule has 1 aliphatic rings. The van der Waals surface area contributed by atoms with Gasteiger partial charge in [0.2, 0.25) is 0 Å². The number of anilines is 1. The third-order valence-electron chi connectivity index (χ3n) is 3.54. The Balaban J connectivity index is 1.96. The largest absolute Gasteiger partial charge is 0.448 e. The van der Waals surface area contributed by atoms with Gasteiger partial charge in [-0.3, -0.25) is 0 Å². The number of carbonyl (C=O) groups excluding carboxylic acids is 1. The molecule has 0 fully saturated rings. The summed E-state index contributed by atoms with van der Waals surface area (Å²) in [5, 5.41) is 3.50. The third-order valence-corrected chi connectivity index (χ3v) is 3.54. The van der Waals surface area contributed by atoms with Gasteiger partial charge in [0.05, 0.1) is 17.6 Å². The maximum Gasteiger partial charge on any atom is 0.437 e. The molecule has 2 aromatic carbocycles. The van der Waals surface area contributed by atoms with Gasteiger partial charge in [0, 0.05) is 0 Å². The van der Waals surface area contributed by atoms with Crippen LogP contribution in [0.2, 0.25) is 0 Å². The molecule has 1 amide bonds. The molecule has 0 spiro atoms. The minimum atomic E-state index is -0.761. The van der Waals surface area contributed by atoms with Gasteiger partial charge in [-0.1, -0.05) is 30.3 Å². The van der Waals surface area contributed by atoms with Crippen molar-refractivity contribution in [1.82, 2.24) is 0 Å². The van der Waals surface area contributed by atoms with E-state index in [-0.39, 0.29) is 6.61 Å². The van der Waals surface area contributed by atoms with E-state index in [9.17, 15) is 9.70 Å². The lowest BCUT2D eigenvalue weighted by molar-refractivity contribution is 0.160. The van der Waals surface area contributed by atoms with Crippen LogP contribution in [-0.4, -0.2) is 12.7 Å². The third kappa shape index (κ3) is 2.27. The Kier molecular flexibility index (Phi) is 3.39. The van der Waals surface area contributed by atoms with Crippen LogP contribution in [0, 0.1) is 4.91 Å². The normalized spacial score (nSPS) is 11.5. The predicted octanol–water partition coefficient (Wildman–Crippen LogP) is 3.90. The molecule has 0 unspecified atom stereocenters. The van der Waals surface area contributed by atoms with Gasteiger partial charge >= 0.3 is 6.09 Å². The van der Waals surface area contributed by atoms with Crippen molar-refractivity contribution >= 4 is 11.8 Å². The van der Waals surface area contributed by atoms with Crippen LogP contribution in [0.25, 0.3) is 11.1 Å². The summed E-state index contributed by atoms with van der Waals surface area (Å²) in [5.41, 5.74) is 5.07. The molecule has 0 saturated heterocycles. The molecule has 0 heterocycles. The van der Waals surface area contributed by atoms with Crippen LogP contribution in [0.3, 0.4) is 0 Å². The lowest BCUT2D eigenvalue weighted by Crippen LogP contribution is -2.25. The number of hydrogen-bond donors (Lipinski definition) is 0. The molecule has 0 N–H and O–H groups in total. The van der Waals surface area contributed by atoms with Crippen LogP contribution < -0.4 is 5.01 Å². The smallest absolute Gasteiger partial charge is 0.437 e. The molecule has 0 aliphatic heterocycles. The van der Waals surface area contributed by atoms with Gasteiger partial charge in [-0.2, -0.15) is 0 Å². The zero-order valence-corrected chi connectivity index (χ0v) is 11.6. The highest BCUT2D eigenvalue weighted by molar-refractivity contribution is 5.88. The monoisotopic (exact) mass is 282 g/mol. The molecular weight excluding hydrogens is 268 g/mol. The van der Waals surface area contributed by atoms with Crippen molar-refractivity contribution in [2.24, 2.45) is 5.29 Å². The van der Waals surface area contributed by atoms with E-state index in [2.05, 4.69) is 17.4 Å². The molecule has 3 rings (SSSR count). The van der Waals surface area contributed by atoms with E-state index in [0.29, 0.717) is 5.69 Å². The van der Waals surface area contributed by atoms with E-state index in [1.54, 1.807) is 13.0 Å². The van der Waals surface area contributed by atoms with Gasteiger partial charge in [0.15, 0.2) is 0 Å². The quantitative estimate of drug-likeness (QED) is 0.540.